The van der Waals surface area contributed by atoms with Gasteiger partial charge in [0, 0.05) is 37.5 Å². The first-order chi connectivity index (χ1) is 13.9. The molecule has 0 aliphatic rings. The third-order valence-corrected chi connectivity index (χ3v) is 4.21. The Labute approximate surface area is 168 Å². The lowest BCUT2D eigenvalue weighted by Gasteiger charge is -2.11. The highest BCUT2D eigenvalue weighted by molar-refractivity contribution is 6.02. The monoisotopic (exact) mass is 391 g/mol. The van der Waals surface area contributed by atoms with E-state index in [4.69, 9.17) is 4.42 Å². The summed E-state index contributed by atoms with van der Waals surface area (Å²) in [6, 6.07) is 16.9. The van der Waals surface area contributed by atoms with Gasteiger partial charge in [0.15, 0.2) is 5.76 Å². The molecule has 7 nitrogen and oxygen atoms in total. The molecule has 0 fully saturated rings. The number of benzene rings is 2. The highest BCUT2D eigenvalue weighted by Gasteiger charge is 2.11. The molecule has 0 aliphatic carbocycles. The van der Waals surface area contributed by atoms with Crippen LogP contribution in [0.3, 0.4) is 0 Å². The van der Waals surface area contributed by atoms with E-state index in [1.165, 1.54) is 11.2 Å². The van der Waals surface area contributed by atoms with Gasteiger partial charge in [0.2, 0.25) is 0 Å². The zero-order valence-electron chi connectivity index (χ0n) is 16.1. The summed E-state index contributed by atoms with van der Waals surface area (Å²) in [5.41, 5.74) is 2.51. The Hall–Kier alpha value is -3.87. The van der Waals surface area contributed by atoms with Gasteiger partial charge in [-0.15, -0.1) is 0 Å². The maximum Gasteiger partial charge on any atom is 0.291 e. The summed E-state index contributed by atoms with van der Waals surface area (Å²) in [4.78, 5) is 37.7. The molecule has 0 saturated carbocycles. The summed E-state index contributed by atoms with van der Waals surface area (Å²) in [5, 5.41) is 5.53. The molecule has 2 aromatic carbocycles. The van der Waals surface area contributed by atoms with Crippen molar-refractivity contribution in [2.45, 2.75) is 6.54 Å². The van der Waals surface area contributed by atoms with E-state index in [-0.39, 0.29) is 23.5 Å². The van der Waals surface area contributed by atoms with Crippen LogP contribution in [0.4, 0.5) is 5.69 Å². The van der Waals surface area contributed by atoms with Gasteiger partial charge >= 0.3 is 0 Å². The Bertz CT molecular complexity index is 992. The fraction of sp³-hybridized carbons (Fsp3) is 0.136. The van der Waals surface area contributed by atoms with Crippen molar-refractivity contribution in [3.8, 4) is 0 Å². The van der Waals surface area contributed by atoms with Gasteiger partial charge in [-0.3, -0.25) is 14.4 Å². The van der Waals surface area contributed by atoms with Crippen LogP contribution in [-0.2, 0) is 6.54 Å². The smallest absolute Gasteiger partial charge is 0.291 e. The molecule has 2 N–H and O–H groups in total. The molecular formula is C22H21N3O4. The largest absolute Gasteiger partial charge is 0.459 e. The average Bonchev–Trinajstić information content (AvgIpc) is 3.27. The Morgan fingerprint density at radius 2 is 1.52 bits per heavy atom. The quantitative estimate of drug-likeness (QED) is 0.675. The first kappa shape index (κ1) is 19.9. The van der Waals surface area contributed by atoms with Crippen LogP contribution in [0.25, 0.3) is 0 Å². The predicted octanol–water partition coefficient (Wildman–Crippen LogP) is 3.16. The number of hydrogen-bond donors (Lipinski definition) is 2. The number of nitrogens with one attached hydrogen (secondary N) is 2. The second-order valence-electron chi connectivity index (χ2n) is 6.59. The van der Waals surface area contributed by atoms with E-state index in [1.54, 1.807) is 62.6 Å². The lowest BCUT2D eigenvalue weighted by Crippen LogP contribution is -2.23. The number of hydrogen-bond acceptors (Lipinski definition) is 4. The SMILES string of the molecule is CN(C)C(=O)c1ccc(CNC(=O)c2ccc(NC(=O)c3ccco3)cc2)cc1. The maximum atomic E-state index is 12.3. The van der Waals surface area contributed by atoms with Crippen LogP contribution in [-0.4, -0.2) is 36.7 Å². The van der Waals surface area contributed by atoms with Gasteiger partial charge in [0.05, 0.1) is 6.26 Å². The molecule has 3 aromatic rings. The fourth-order valence-corrected chi connectivity index (χ4v) is 2.61. The fourth-order valence-electron chi connectivity index (χ4n) is 2.61. The van der Waals surface area contributed by atoms with E-state index in [0.717, 1.165) is 5.56 Å². The zero-order valence-corrected chi connectivity index (χ0v) is 16.1. The van der Waals surface area contributed by atoms with Crippen molar-refractivity contribution in [2.24, 2.45) is 0 Å². The summed E-state index contributed by atoms with van der Waals surface area (Å²) in [5.74, 6) is -0.448. The van der Waals surface area contributed by atoms with Crippen LogP contribution in [0, 0.1) is 0 Å². The van der Waals surface area contributed by atoms with Crippen molar-refractivity contribution in [1.82, 2.24) is 10.2 Å². The number of carbonyl (C=O) groups excluding carboxylic acids is 3. The lowest BCUT2D eigenvalue weighted by atomic mass is 10.1. The first-order valence-corrected chi connectivity index (χ1v) is 8.98. The van der Waals surface area contributed by atoms with Gasteiger partial charge in [-0.25, -0.2) is 0 Å². The van der Waals surface area contributed by atoms with Gasteiger partial charge < -0.3 is 20.0 Å². The third-order valence-electron chi connectivity index (χ3n) is 4.21. The number of furan rings is 1. The highest BCUT2D eigenvalue weighted by atomic mass is 16.3. The van der Waals surface area contributed by atoms with Crippen molar-refractivity contribution >= 4 is 23.4 Å². The Morgan fingerprint density at radius 3 is 2.10 bits per heavy atom. The third kappa shape index (κ3) is 5.10. The van der Waals surface area contributed by atoms with Crippen molar-refractivity contribution in [3.63, 3.8) is 0 Å². The zero-order chi connectivity index (χ0) is 20.8. The molecule has 0 saturated heterocycles. The minimum atomic E-state index is -0.358. The molecule has 7 heteroatoms. The highest BCUT2D eigenvalue weighted by Crippen LogP contribution is 2.12. The number of nitrogens with zero attached hydrogens (tertiary/aromatic N) is 1. The van der Waals surface area contributed by atoms with E-state index >= 15 is 0 Å². The molecule has 29 heavy (non-hydrogen) atoms. The van der Waals surface area contributed by atoms with E-state index in [2.05, 4.69) is 10.6 Å². The van der Waals surface area contributed by atoms with Crippen LogP contribution in [0.1, 0.15) is 36.8 Å². The summed E-state index contributed by atoms with van der Waals surface area (Å²) < 4.78 is 5.04. The molecule has 0 bridgehead atoms. The van der Waals surface area contributed by atoms with Gasteiger partial charge in [-0.05, 0) is 54.1 Å². The number of amides is 3. The second-order valence-corrected chi connectivity index (χ2v) is 6.59. The number of anilines is 1. The van der Waals surface area contributed by atoms with Gasteiger partial charge in [0.1, 0.15) is 0 Å². The Kier molecular flexibility index (Phi) is 6.09. The van der Waals surface area contributed by atoms with Crippen molar-refractivity contribution in [3.05, 3.63) is 89.4 Å². The number of carbonyl (C=O) groups is 3. The van der Waals surface area contributed by atoms with Crippen LogP contribution < -0.4 is 10.6 Å². The molecule has 1 heterocycles. The maximum absolute atomic E-state index is 12.3. The Balaban J connectivity index is 1.54. The first-order valence-electron chi connectivity index (χ1n) is 8.98. The normalized spacial score (nSPS) is 10.3. The van der Waals surface area contributed by atoms with Crippen LogP contribution in [0.15, 0.2) is 71.3 Å². The molecule has 1 aromatic heterocycles. The van der Waals surface area contributed by atoms with Gasteiger partial charge in [0.25, 0.3) is 17.7 Å². The van der Waals surface area contributed by atoms with Crippen LogP contribution in [0.2, 0.25) is 0 Å². The molecule has 0 spiro atoms. The van der Waals surface area contributed by atoms with E-state index < -0.39 is 0 Å². The average molecular weight is 391 g/mol. The standard InChI is InChI=1S/C22H21N3O4/c1-25(2)22(28)17-7-5-15(6-8-17)14-23-20(26)16-9-11-18(12-10-16)24-21(27)19-4-3-13-29-19/h3-13H,14H2,1-2H3,(H,23,26)(H,24,27). The van der Waals surface area contributed by atoms with Crippen LogP contribution >= 0.6 is 0 Å². The molecule has 0 radical (unpaired) electrons. The minimum absolute atomic E-state index is 0.0696. The molecule has 0 atom stereocenters. The summed E-state index contributed by atoms with van der Waals surface area (Å²) in [6.07, 6.45) is 1.43. The molecular weight excluding hydrogens is 370 g/mol. The lowest BCUT2D eigenvalue weighted by molar-refractivity contribution is 0.0826. The topological polar surface area (TPSA) is 91.7 Å². The molecule has 0 aliphatic heterocycles. The predicted molar refractivity (Wildman–Crippen MR) is 109 cm³/mol. The van der Waals surface area contributed by atoms with Crippen molar-refractivity contribution < 1.29 is 18.8 Å². The molecule has 148 valence electrons. The minimum Gasteiger partial charge on any atom is -0.459 e. The number of rotatable bonds is 6. The summed E-state index contributed by atoms with van der Waals surface area (Å²) in [7, 11) is 3.40. The van der Waals surface area contributed by atoms with E-state index in [0.29, 0.717) is 23.4 Å². The molecule has 0 unspecified atom stereocenters. The van der Waals surface area contributed by atoms with Gasteiger partial charge in [-0.1, -0.05) is 12.1 Å². The summed E-state index contributed by atoms with van der Waals surface area (Å²) in [6.45, 7) is 0.340. The second kappa shape index (κ2) is 8.88. The Morgan fingerprint density at radius 1 is 0.862 bits per heavy atom. The molecule has 3 amide bonds. The van der Waals surface area contributed by atoms with Crippen molar-refractivity contribution in [2.75, 3.05) is 19.4 Å². The van der Waals surface area contributed by atoms with Crippen LogP contribution in [0.5, 0.6) is 0 Å². The van der Waals surface area contributed by atoms with E-state index in [9.17, 15) is 14.4 Å². The summed E-state index contributed by atoms with van der Waals surface area (Å²) >= 11 is 0. The van der Waals surface area contributed by atoms with E-state index in [1.807, 2.05) is 12.1 Å². The van der Waals surface area contributed by atoms with Gasteiger partial charge in [-0.2, -0.15) is 0 Å². The van der Waals surface area contributed by atoms with Crippen molar-refractivity contribution in [1.29, 1.82) is 0 Å². The molecule has 3 rings (SSSR count).